The number of halogens is 1. The Hall–Kier alpha value is -1.69. The number of hydrogen-bond acceptors (Lipinski definition) is 2. The van der Waals surface area contributed by atoms with E-state index in [1.807, 2.05) is 19.9 Å². The van der Waals surface area contributed by atoms with Crippen molar-refractivity contribution in [2.75, 3.05) is 0 Å². The van der Waals surface area contributed by atoms with Crippen LogP contribution in [0.3, 0.4) is 0 Å². The molecule has 17 heavy (non-hydrogen) atoms. The number of carbonyl (C=O) groups is 1. The van der Waals surface area contributed by atoms with Crippen molar-refractivity contribution in [1.82, 2.24) is 0 Å². The van der Waals surface area contributed by atoms with Crippen LogP contribution in [0.15, 0.2) is 24.3 Å². The summed E-state index contributed by atoms with van der Waals surface area (Å²) in [6, 6.07) is 7.69. The number of rotatable bonds is 5. The minimum absolute atomic E-state index is 0.108. The minimum atomic E-state index is -0.851. The van der Waals surface area contributed by atoms with Gasteiger partial charge in [0.1, 0.15) is 11.7 Å². The molecule has 0 amide bonds. The average molecular weight is 233 g/mol. The monoisotopic (exact) mass is 233 g/mol. The summed E-state index contributed by atoms with van der Waals surface area (Å²) in [6.45, 7) is 3.85. The van der Waals surface area contributed by atoms with Gasteiger partial charge in [-0.05, 0) is 30.5 Å². The number of benzene rings is 1. The Kier molecular flexibility index (Phi) is 4.84. The summed E-state index contributed by atoms with van der Waals surface area (Å²) >= 11 is 0. The first-order valence-electron chi connectivity index (χ1n) is 5.82. The lowest BCUT2D eigenvalue weighted by Crippen LogP contribution is -2.20. The third-order valence-electron chi connectivity index (χ3n) is 2.98. The summed E-state index contributed by atoms with van der Waals surface area (Å²) in [6.07, 6.45) is 1.42. The van der Waals surface area contributed by atoms with E-state index in [1.165, 1.54) is 18.2 Å². The van der Waals surface area contributed by atoms with Crippen molar-refractivity contribution in [3.8, 4) is 6.07 Å². The maximum atomic E-state index is 13.1. The molecule has 1 aromatic carbocycles. The standard InChI is InChI=1S/C14H16FNO/c1-3-10(4-2)14(17)13(9-16)11-6-5-7-12(15)8-11/h5-8,10,13H,3-4H2,1-2H3. The Morgan fingerprint density at radius 2 is 2.06 bits per heavy atom. The molecule has 0 radical (unpaired) electrons. The molecule has 1 aromatic rings. The second-order valence-corrected chi connectivity index (χ2v) is 4.03. The molecule has 0 spiro atoms. The summed E-state index contributed by atoms with van der Waals surface area (Å²) in [7, 11) is 0. The number of nitriles is 1. The van der Waals surface area contributed by atoms with Gasteiger partial charge in [0.05, 0.1) is 6.07 Å². The summed E-state index contributed by atoms with van der Waals surface area (Å²) in [5.74, 6) is -1.50. The van der Waals surface area contributed by atoms with Crippen LogP contribution in [-0.2, 0) is 4.79 Å². The number of ketones is 1. The second kappa shape index (κ2) is 6.15. The predicted octanol–water partition coefficient (Wildman–Crippen LogP) is 3.44. The van der Waals surface area contributed by atoms with Crippen molar-refractivity contribution in [2.24, 2.45) is 5.92 Å². The van der Waals surface area contributed by atoms with E-state index in [2.05, 4.69) is 0 Å². The molecule has 1 rings (SSSR count). The van der Waals surface area contributed by atoms with Gasteiger partial charge in [0.15, 0.2) is 5.78 Å². The Labute approximate surface area is 101 Å². The van der Waals surface area contributed by atoms with Gasteiger partial charge in [-0.3, -0.25) is 4.79 Å². The maximum absolute atomic E-state index is 13.1. The lowest BCUT2D eigenvalue weighted by molar-refractivity contribution is -0.123. The molecular formula is C14H16FNO. The van der Waals surface area contributed by atoms with Crippen LogP contribution in [-0.4, -0.2) is 5.78 Å². The van der Waals surface area contributed by atoms with Gasteiger partial charge >= 0.3 is 0 Å². The fourth-order valence-electron chi connectivity index (χ4n) is 1.92. The molecule has 0 fully saturated rings. The fraction of sp³-hybridized carbons (Fsp3) is 0.429. The molecule has 0 saturated heterocycles. The predicted molar refractivity (Wildman–Crippen MR) is 63.8 cm³/mol. The van der Waals surface area contributed by atoms with E-state index in [1.54, 1.807) is 6.07 Å². The highest BCUT2D eigenvalue weighted by Gasteiger charge is 2.26. The third-order valence-corrected chi connectivity index (χ3v) is 2.98. The Balaban J connectivity index is 3.00. The van der Waals surface area contributed by atoms with E-state index in [0.29, 0.717) is 18.4 Å². The number of carbonyl (C=O) groups excluding carboxylic acids is 1. The van der Waals surface area contributed by atoms with Crippen molar-refractivity contribution < 1.29 is 9.18 Å². The molecule has 0 aliphatic carbocycles. The highest BCUT2D eigenvalue weighted by atomic mass is 19.1. The van der Waals surface area contributed by atoms with E-state index in [4.69, 9.17) is 5.26 Å². The molecule has 0 saturated carbocycles. The van der Waals surface area contributed by atoms with E-state index in [0.717, 1.165) is 0 Å². The largest absolute Gasteiger partial charge is 0.298 e. The van der Waals surface area contributed by atoms with E-state index in [-0.39, 0.29) is 11.7 Å². The highest BCUT2D eigenvalue weighted by Crippen LogP contribution is 2.23. The van der Waals surface area contributed by atoms with Crippen LogP contribution in [0, 0.1) is 23.1 Å². The third kappa shape index (κ3) is 3.13. The molecule has 0 aliphatic heterocycles. The van der Waals surface area contributed by atoms with Crippen LogP contribution in [0.1, 0.15) is 38.2 Å². The van der Waals surface area contributed by atoms with E-state index in [9.17, 15) is 9.18 Å². The van der Waals surface area contributed by atoms with Gasteiger partial charge in [-0.1, -0.05) is 26.0 Å². The molecule has 0 aliphatic rings. The van der Waals surface area contributed by atoms with E-state index < -0.39 is 11.7 Å². The van der Waals surface area contributed by atoms with Crippen LogP contribution in [0.2, 0.25) is 0 Å². The maximum Gasteiger partial charge on any atom is 0.157 e. The Morgan fingerprint density at radius 1 is 1.41 bits per heavy atom. The lowest BCUT2D eigenvalue weighted by atomic mass is 9.85. The fourth-order valence-corrected chi connectivity index (χ4v) is 1.92. The average Bonchev–Trinajstić information content (AvgIpc) is 2.31. The van der Waals surface area contributed by atoms with Crippen LogP contribution in [0.5, 0.6) is 0 Å². The van der Waals surface area contributed by atoms with Gasteiger partial charge in [0.25, 0.3) is 0 Å². The first-order chi connectivity index (χ1) is 8.13. The van der Waals surface area contributed by atoms with Crippen LogP contribution < -0.4 is 0 Å². The molecule has 3 heteroatoms. The smallest absolute Gasteiger partial charge is 0.157 e. The highest BCUT2D eigenvalue weighted by molar-refractivity contribution is 5.90. The zero-order chi connectivity index (χ0) is 12.8. The van der Waals surface area contributed by atoms with Crippen molar-refractivity contribution in [1.29, 1.82) is 5.26 Å². The lowest BCUT2D eigenvalue weighted by Gasteiger charge is -2.15. The van der Waals surface area contributed by atoms with Crippen molar-refractivity contribution in [3.63, 3.8) is 0 Å². The number of hydrogen-bond donors (Lipinski definition) is 0. The summed E-state index contributed by atoms with van der Waals surface area (Å²) in [5, 5.41) is 9.09. The summed E-state index contributed by atoms with van der Waals surface area (Å²) in [4.78, 5) is 12.1. The minimum Gasteiger partial charge on any atom is -0.298 e. The molecule has 0 heterocycles. The molecule has 2 nitrogen and oxygen atoms in total. The van der Waals surface area contributed by atoms with Gasteiger partial charge in [0, 0.05) is 5.92 Å². The molecule has 0 bridgehead atoms. The van der Waals surface area contributed by atoms with Crippen LogP contribution in [0.4, 0.5) is 4.39 Å². The zero-order valence-electron chi connectivity index (χ0n) is 10.1. The molecule has 0 aromatic heterocycles. The molecule has 90 valence electrons. The van der Waals surface area contributed by atoms with Gasteiger partial charge in [0.2, 0.25) is 0 Å². The van der Waals surface area contributed by atoms with Gasteiger partial charge in [-0.15, -0.1) is 0 Å². The van der Waals surface area contributed by atoms with Gasteiger partial charge < -0.3 is 0 Å². The zero-order valence-corrected chi connectivity index (χ0v) is 10.1. The first-order valence-corrected chi connectivity index (χ1v) is 5.82. The normalized spacial score (nSPS) is 12.2. The number of nitrogens with zero attached hydrogens (tertiary/aromatic N) is 1. The first kappa shape index (κ1) is 13.4. The van der Waals surface area contributed by atoms with Crippen LogP contribution in [0.25, 0.3) is 0 Å². The van der Waals surface area contributed by atoms with Gasteiger partial charge in [-0.25, -0.2) is 4.39 Å². The quantitative estimate of drug-likeness (QED) is 0.781. The molecule has 0 N–H and O–H groups in total. The summed E-state index contributed by atoms with van der Waals surface area (Å²) < 4.78 is 13.1. The number of Topliss-reactive ketones (excluding diaryl/α,β-unsaturated/α-hetero) is 1. The SMILES string of the molecule is CCC(CC)C(=O)C(C#N)c1cccc(F)c1. The topological polar surface area (TPSA) is 40.9 Å². The Bertz CT molecular complexity index is 432. The van der Waals surface area contributed by atoms with Crippen molar-refractivity contribution in [3.05, 3.63) is 35.6 Å². The second-order valence-electron chi connectivity index (χ2n) is 4.03. The molecule has 1 unspecified atom stereocenters. The van der Waals surface area contributed by atoms with Crippen molar-refractivity contribution in [2.45, 2.75) is 32.6 Å². The Morgan fingerprint density at radius 3 is 2.53 bits per heavy atom. The van der Waals surface area contributed by atoms with Crippen molar-refractivity contribution >= 4 is 5.78 Å². The summed E-state index contributed by atoms with van der Waals surface area (Å²) in [5.41, 5.74) is 0.449. The van der Waals surface area contributed by atoms with Gasteiger partial charge in [-0.2, -0.15) is 5.26 Å². The van der Waals surface area contributed by atoms with Crippen LogP contribution >= 0.6 is 0 Å². The molecular weight excluding hydrogens is 217 g/mol. The molecule has 1 atom stereocenters. The van der Waals surface area contributed by atoms with E-state index >= 15 is 0 Å².